The van der Waals surface area contributed by atoms with Crippen LogP contribution in [0, 0.1) is 10.1 Å². The van der Waals surface area contributed by atoms with E-state index >= 15 is 0 Å². The van der Waals surface area contributed by atoms with Crippen molar-refractivity contribution in [2.45, 2.75) is 26.3 Å². The number of nitro groups is 1. The van der Waals surface area contributed by atoms with E-state index in [0.717, 1.165) is 6.54 Å². The Morgan fingerprint density at radius 1 is 1.59 bits per heavy atom. The highest BCUT2D eigenvalue weighted by molar-refractivity contribution is 5.38. The average Bonchev–Trinajstić information content (AvgIpc) is 2.28. The molecule has 1 unspecified atom stereocenters. The number of nitrogens with zero attached hydrogens (tertiary/aromatic N) is 2. The van der Waals surface area contributed by atoms with Crippen LogP contribution in [0.1, 0.15) is 19.5 Å². The van der Waals surface area contributed by atoms with E-state index in [1.807, 2.05) is 13.8 Å². The van der Waals surface area contributed by atoms with Crippen LogP contribution < -0.4 is 10.1 Å². The first-order chi connectivity index (χ1) is 8.08. The largest absolute Gasteiger partial charge is 0.481 e. The summed E-state index contributed by atoms with van der Waals surface area (Å²) in [7, 11) is 1.49. The standard InChI is InChI=1S/C11H17N3O3/c1-4-12-8(2)7-9-10(14(15)16)5-6-11(13-9)17-3/h5-6,8,12H,4,7H2,1-3H3. The minimum absolute atomic E-state index is 0.0375. The second kappa shape index (κ2) is 6.15. The summed E-state index contributed by atoms with van der Waals surface area (Å²) in [5.74, 6) is 0.397. The highest BCUT2D eigenvalue weighted by atomic mass is 16.6. The Bertz CT molecular complexity index is 396. The molecule has 0 saturated heterocycles. The summed E-state index contributed by atoms with van der Waals surface area (Å²) >= 11 is 0. The molecule has 1 heterocycles. The van der Waals surface area contributed by atoms with Crippen molar-refractivity contribution in [1.82, 2.24) is 10.3 Å². The van der Waals surface area contributed by atoms with Gasteiger partial charge in [-0.05, 0) is 13.5 Å². The number of ether oxygens (including phenoxy) is 1. The monoisotopic (exact) mass is 239 g/mol. The van der Waals surface area contributed by atoms with E-state index in [9.17, 15) is 10.1 Å². The van der Waals surface area contributed by atoms with Crippen LogP contribution in [0.25, 0.3) is 0 Å². The maximum atomic E-state index is 10.9. The number of likely N-dealkylation sites (N-methyl/N-ethyl adjacent to an activating group) is 1. The fourth-order valence-corrected chi connectivity index (χ4v) is 1.61. The van der Waals surface area contributed by atoms with E-state index in [4.69, 9.17) is 4.74 Å². The molecule has 0 aliphatic heterocycles. The molecule has 0 spiro atoms. The molecule has 0 aliphatic rings. The summed E-state index contributed by atoms with van der Waals surface area (Å²) in [6.45, 7) is 4.78. The molecule has 0 aromatic carbocycles. The molecule has 0 bridgehead atoms. The smallest absolute Gasteiger partial charge is 0.291 e. The summed E-state index contributed by atoms with van der Waals surface area (Å²) in [5.41, 5.74) is 0.485. The Morgan fingerprint density at radius 2 is 2.29 bits per heavy atom. The number of methoxy groups -OCH3 is 1. The van der Waals surface area contributed by atoms with Gasteiger partial charge in [0.25, 0.3) is 5.69 Å². The van der Waals surface area contributed by atoms with Gasteiger partial charge >= 0.3 is 0 Å². The summed E-state index contributed by atoms with van der Waals surface area (Å²) in [6.07, 6.45) is 0.501. The molecule has 6 heteroatoms. The fraction of sp³-hybridized carbons (Fsp3) is 0.545. The molecule has 1 rings (SSSR count). The second-order valence-electron chi connectivity index (χ2n) is 3.74. The van der Waals surface area contributed by atoms with E-state index < -0.39 is 4.92 Å². The van der Waals surface area contributed by atoms with Crippen LogP contribution in [0.15, 0.2) is 12.1 Å². The molecular weight excluding hydrogens is 222 g/mol. The highest BCUT2D eigenvalue weighted by Gasteiger charge is 2.18. The van der Waals surface area contributed by atoms with E-state index in [-0.39, 0.29) is 11.7 Å². The minimum Gasteiger partial charge on any atom is -0.481 e. The number of rotatable bonds is 6. The van der Waals surface area contributed by atoms with Crippen LogP contribution >= 0.6 is 0 Å². The molecule has 17 heavy (non-hydrogen) atoms. The van der Waals surface area contributed by atoms with Gasteiger partial charge in [-0.3, -0.25) is 10.1 Å². The lowest BCUT2D eigenvalue weighted by Gasteiger charge is -2.12. The number of pyridine rings is 1. The summed E-state index contributed by atoms with van der Waals surface area (Å²) in [6, 6.07) is 3.07. The van der Waals surface area contributed by atoms with Crippen LogP contribution in [0.2, 0.25) is 0 Å². The van der Waals surface area contributed by atoms with Crippen molar-refractivity contribution < 1.29 is 9.66 Å². The number of hydrogen-bond donors (Lipinski definition) is 1. The van der Waals surface area contributed by atoms with Gasteiger partial charge in [-0.2, -0.15) is 0 Å². The number of hydrogen-bond acceptors (Lipinski definition) is 5. The van der Waals surface area contributed by atoms with E-state index in [1.54, 1.807) is 0 Å². The first-order valence-corrected chi connectivity index (χ1v) is 5.50. The lowest BCUT2D eigenvalue weighted by atomic mass is 10.1. The lowest BCUT2D eigenvalue weighted by Crippen LogP contribution is -2.28. The normalized spacial score (nSPS) is 12.2. The van der Waals surface area contributed by atoms with E-state index in [2.05, 4.69) is 10.3 Å². The maximum Gasteiger partial charge on any atom is 0.291 e. The SMILES string of the molecule is CCNC(C)Cc1nc(OC)ccc1[N+](=O)[O-]. The van der Waals surface area contributed by atoms with Crippen molar-refractivity contribution in [3.8, 4) is 5.88 Å². The van der Waals surface area contributed by atoms with Crippen molar-refractivity contribution in [1.29, 1.82) is 0 Å². The van der Waals surface area contributed by atoms with Crippen molar-refractivity contribution in [2.75, 3.05) is 13.7 Å². The van der Waals surface area contributed by atoms with Crippen LogP contribution in [-0.2, 0) is 6.42 Å². The third-order valence-corrected chi connectivity index (χ3v) is 2.38. The Balaban J connectivity index is 2.96. The molecule has 0 radical (unpaired) electrons. The molecule has 0 saturated carbocycles. The predicted molar refractivity (Wildman–Crippen MR) is 64.3 cm³/mol. The van der Waals surface area contributed by atoms with E-state index in [0.29, 0.717) is 18.0 Å². The number of nitrogens with one attached hydrogen (secondary N) is 1. The third kappa shape index (κ3) is 3.67. The first-order valence-electron chi connectivity index (χ1n) is 5.50. The maximum absolute atomic E-state index is 10.9. The molecule has 0 amide bonds. The van der Waals surface area contributed by atoms with Crippen molar-refractivity contribution in [2.24, 2.45) is 0 Å². The summed E-state index contributed by atoms with van der Waals surface area (Å²) < 4.78 is 4.98. The second-order valence-corrected chi connectivity index (χ2v) is 3.74. The Kier molecular flexibility index (Phi) is 4.84. The Hall–Kier alpha value is -1.69. The minimum atomic E-state index is -0.416. The van der Waals surface area contributed by atoms with Gasteiger partial charge in [0.15, 0.2) is 0 Å². The zero-order valence-electron chi connectivity index (χ0n) is 10.3. The van der Waals surface area contributed by atoms with Crippen LogP contribution in [-0.4, -0.2) is 29.6 Å². The van der Waals surface area contributed by atoms with Crippen molar-refractivity contribution >= 4 is 5.69 Å². The zero-order valence-corrected chi connectivity index (χ0v) is 10.3. The van der Waals surface area contributed by atoms with Gasteiger partial charge in [-0.1, -0.05) is 6.92 Å². The van der Waals surface area contributed by atoms with Gasteiger partial charge in [0, 0.05) is 24.6 Å². The molecule has 1 atom stereocenters. The van der Waals surface area contributed by atoms with Crippen LogP contribution in [0.3, 0.4) is 0 Å². The Morgan fingerprint density at radius 3 is 2.82 bits per heavy atom. The van der Waals surface area contributed by atoms with Crippen molar-refractivity contribution in [3.63, 3.8) is 0 Å². The van der Waals surface area contributed by atoms with Crippen LogP contribution in [0.4, 0.5) is 5.69 Å². The molecule has 0 fully saturated rings. The van der Waals surface area contributed by atoms with Crippen molar-refractivity contribution in [3.05, 3.63) is 27.9 Å². The van der Waals surface area contributed by atoms with Gasteiger partial charge < -0.3 is 10.1 Å². The van der Waals surface area contributed by atoms with Gasteiger partial charge in [-0.15, -0.1) is 0 Å². The third-order valence-electron chi connectivity index (χ3n) is 2.38. The summed E-state index contributed by atoms with van der Waals surface area (Å²) in [4.78, 5) is 14.6. The summed E-state index contributed by atoms with van der Waals surface area (Å²) in [5, 5.41) is 14.1. The quantitative estimate of drug-likeness (QED) is 0.601. The molecule has 0 aliphatic carbocycles. The Labute approximate surface area is 100 Å². The number of aromatic nitrogens is 1. The zero-order chi connectivity index (χ0) is 12.8. The van der Waals surface area contributed by atoms with Gasteiger partial charge in [0.1, 0.15) is 5.69 Å². The highest BCUT2D eigenvalue weighted by Crippen LogP contribution is 2.21. The van der Waals surface area contributed by atoms with Gasteiger partial charge in [0.05, 0.1) is 12.0 Å². The van der Waals surface area contributed by atoms with Gasteiger partial charge in [0.2, 0.25) is 5.88 Å². The molecule has 6 nitrogen and oxygen atoms in total. The molecule has 1 N–H and O–H groups in total. The lowest BCUT2D eigenvalue weighted by molar-refractivity contribution is -0.386. The first kappa shape index (κ1) is 13.4. The van der Waals surface area contributed by atoms with Crippen LogP contribution in [0.5, 0.6) is 5.88 Å². The molecule has 1 aromatic rings. The van der Waals surface area contributed by atoms with Gasteiger partial charge in [-0.25, -0.2) is 4.98 Å². The fourth-order valence-electron chi connectivity index (χ4n) is 1.61. The molecule has 94 valence electrons. The van der Waals surface area contributed by atoms with E-state index in [1.165, 1.54) is 19.2 Å². The topological polar surface area (TPSA) is 77.3 Å². The molecule has 1 aromatic heterocycles. The predicted octanol–water partition coefficient (Wildman–Crippen LogP) is 1.54. The average molecular weight is 239 g/mol. The molecular formula is C11H17N3O3.